The van der Waals surface area contributed by atoms with E-state index in [1.165, 1.54) is 6.07 Å². The first-order chi connectivity index (χ1) is 18.5. The number of halogens is 4. The number of rotatable bonds is 10. The van der Waals surface area contributed by atoms with Crippen molar-refractivity contribution in [3.63, 3.8) is 0 Å². The molecule has 0 saturated heterocycles. The number of carboxylic acids is 1. The summed E-state index contributed by atoms with van der Waals surface area (Å²) in [7, 11) is 0. The fourth-order valence-corrected chi connectivity index (χ4v) is 4.69. The number of hydrogen-bond donors (Lipinski definition) is 3. The summed E-state index contributed by atoms with van der Waals surface area (Å²) in [5, 5.41) is 35.6. The van der Waals surface area contributed by atoms with Gasteiger partial charge in [0.15, 0.2) is 6.61 Å². The van der Waals surface area contributed by atoms with Crippen molar-refractivity contribution in [2.24, 2.45) is 0 Å². The number of alkyl halides is 3. The number of aromatic nitrogens is 3. The van der Waals surface area contributed by atoms with E-state index in [-0.39, 0.29) is 40.9 Å². The first-order valence-corrected chi connectivity index (χ1v) is 12.4. The third-order valence-electron chi connectivity index (χ3n) is 5.21. The van der Waals surface area contributed by atoms with Crippen LogP contribution < -0.4 is 15.2 Å². The topological polar surface area (TPSA) is 170 Å². The van der Waals surface area contributed by atoms with E-state index in [4.69, 9.17) is 31.3 Å². The number of ether oxygens (including phenoxy) is 2. The van der Waals surface area contributed by atoms with Crippen LogP contribution in [0.25, 0.3) is 5.69 Å². The molecule has 3 rings (SSSR count). The Balaban J connectivity index is 2.22. The minimum atomic E-state index is -5.10. The monoisotopic (exact) mass is 606 g/mol. The quantitative estimate of drug-likeness (QED) is 0.222. The second-order valence-corrected chi connectivity index (χ2v) is 10.5. The van der Waals surface area contributed by atoms with Crippen molar-refractivity contribution in [2.75, 3.05) is 19.8 Å². The number of aliphatic carboxylic acids is 1. The number of aliphatic hydroxyl groups is 1. The molecule has 0 radical (unpaired) electrons. The van der Waals surface area contributed by atoms with Crippen LogP contribution in [-0.4, -0.2) is 55.7 Å². The fraction of sp³-hybridized carbons (Fsp3) is 0.348. The molecule has 12 nitrogen and oxygen atoms in total. The zero-order valence-electron chi connectivity index (χ0n) is 21.0. The predicted molar refractivity (Wildman–Crippen MR) is 136 cm³/mol. The Morgan fingerprint density at radius 1 is 1.18 bits per heavy atom. The van der Waals surface area contributed by atoms with Gasteiger partial charge in [0, 0.05) is 12.1 Å². The molecule has 0 atom stereocenters. The summed E-state index contributed by atoms with van der Waals surface area (Å²) in [5.74, 6) is -2.31. The summed E-state index contributed by atoms with van der Waals surface area (Å²) in [4.78, 5) is 34.0. The molecule has 0 spiro atoms. The Kier molecular flexibility index (Phi) is 9.06. The number of carboxylic acid groups (broad SMARTS) is 1. The number of hydrogen-bond acceptors (Lipinski definition) is 9. The Hall–Kier alpha value is -3.76. The number of H-pyrrole nitrogens is 1. The zero-order chi connectivity index (χ0) is 30.0. The van der Waals surface area contributed by atoms with Crippen molar-refractivity contribution in [3.05, 3.63) is 61.0 Å². The normalized spacial score (nSPS) is 11.9. The van der Waals surface area contributed by atoms with Gasteiger partial charge >= 0.3 is 17.8 Å². The Morgan fingerprint density at radius 2 is 1.85 bits per heavy atom. The third kappa shape index (κ3) is 6.86. The van der Waals surface area contributed by atoms with Crippen molar-refractivity contribution in [3.8, 4) is 17.2 Å². The minimum absolute atomic E-state index is 0.0563. The van der Waals surface area contributed by atoms with E-state index in [9.17, 15) is 32.9 Å². The second-order valence-electron chi connectivity index (χ2n) is 9.12. The summed E-state index contributed by atoms with van der Waals surface area (Å²) in [5.41, 5.74) is -3.23. The van der Waals surface area contributed by atoms with Crippen LogP contribution in [0.15, 0.2) is 39.1 Å². The van der Waals surface area contributed by atoms with Gasteiger partial charge in [-0.2, -0.15) is 13.2 Å². The molecule has 0 unspecified atom stereocenters. The summed E-state index contributed by atoms with van der Waals surface area (Å²) in [6.45, 7) is 3.98. The number of aliphatic hydroxyl groups excluding tert-OH is 1. The standard InChI is InChI=1S/C23H22ClF3N4O8S/c1-22(2,3)11-7-17(38-5-4-32)13(24)8-14(11)30-20(35)28-29-21(30)40-18-9-16(39-10-19(33)34)12(23(25,26)27)6-15(18)31(36)37/h6-9,32H,4-5,10H2,1-3H3,(H,28,35)(H,33,34). The van der Waals surface area contributed by atoms with Gasteiger partial charge in [0.05, 0.1) is 27.1 Å². The van der Waals surface area contributed by atoms with Crippen LogP contribution in [-0.2, 0) is 16.4 Å². The number of nitrogens with zero attached hydrogens (tertiary/aromatic N) is 3. The van der Waals surface area contributed by atoms with Crippen LogP contribution in [0.3, 0.4) is 0 Å². The Labute approximate surface area is 232 Å². The molecule has 3 N–H and O–H groups in total. The molecule has 0 fully saturated rings. The first kappa shape index (κ1) is 30.8. The van der Waals surface area contributed by atoms with E-state index >= 15 is 0 Å². The van der Waals surface area contributed by atoms with Crippen molar-refractivity contribution >= 4 is 35.0 Å². The van der Waals surface area contributed by atoms with Gasteiger partial charge in [-0.25, -0.2) is 19.3 Å². The van der Waals surface area contributed by atoms with Gasteiger partial charge in [0.1, 0.15) is 23.7 Å². The van der Waals surface area contributed by atoms with Gasteiger partial charge in [0.25, 0.3) is 5.69 Å². The SMILES string of the molecule is CC(C)(C)c1cc(OCCO)c(Cl)cc1-n1c(Sc2cc(OCC(=O)O)c(C(F)(F)F)cc2[N+](=O)[O-])n[nH]c1=O. The van der Waals surface area contributed by atoms with Crippen molar-refractivity contribution in [2.45, 2.75) is 42.4 Å². The smallest absolute Gasteiger partial charge is 0.420 e. The largest absolute Gasteiger partial charge is 0.490 e. The maximum Gasteiger partial charge on any atom is 0.420 e. The lowest BCUT2D eigenvalue weighted by molar-refractivity contribution is -0.388. The predicted octanol–water partition coefficient (Wildman–Crippen LogP) is 4.42. The van der Waals surface area contributed by atoms with E-state index < -0.39 is 56.7 Å². The maximum absolute atomic E-state index is 13.6. The van der Waals surface area contributed by atoms with Crippen molar-refractivity contribution in [1.29, 1.82) is 0 Å². The molecule has 1 aromatic heterocycles. The summed E-state index contributed by atoms with van der Waals surface area (Å²) < 4.78 is 52.1. The van der Waals surface area contributed by atoms with Gasteiger partial charge < -0.3 is 19.7 Å². The minimum Gasteiger partial charge on any atom is -0.490 e. The summed E-state index contributed by atoms with van der Waals surface area (Å²) in [6, 6.07) is 3.83. The molecule has 0 aliphatic heterocycles. The van der Waals surface area contributed by atoms with E-state index in [2.05, 4.69) is 10.2 Å². The molecule has 1 heterocycles. The zero-order valence-corrected chi connectivity index (χ0v) is 22.6. The summed E-state index contributed by atoms with van der Waals surface area (Å²) in [6.07, 6.45) is -5.10. The second kappa shape index (κ2) is 11.8. The van der Waals surface area contributed by atoms with Crippen LogP contribution in [0.2, 0.25) is 5.02 Å². The molecule has 0 aliphatic carbocycles. The molecule has 3 aromatic rings. The first-order valence-electron chi connectivity index (χ1n) is 11.2. The lowest BCUT2D eigenvalue weighted by Gasteiger charge is -2.25. The van der Waals surface area contributed by atoms with Crippen LogP contribution in [0.4, 0.5) is 18.9 Å². The average molecular weight is 607 g/mol. The van der Waals surface area contributed by atoms with E-state index in [0.29, 0.717) is 23.4 Å². The highest BCUT2D eigenvalue weighted by atomic mass is 35.5. The van der Waals surface area contributed by atoms with Crippen molar-refractivity contribution in [1.82, 2.24) is 14.8 Å². The van der Waals surface area contributed by atoms with Gasteiger partial charge in [-0.3, -0.25) is 10.1 Å². The molecular weight excluding hydrogens is 585 g/mol. The third-order valence-corrected chi connectivity index (χ3v) is 6.50. The molecular formula is C23H22ClF3N4O8S. The van der Waals surface area contributed by atoms with Gasteiger partial charge in [-0.15, -0.1) is 5.10 Å². The number of carbonyl (C=O) groups is 1. The molecule has 17 heteroatoms. The number of nitro benzene ring substituents is 1. The van der Waals surface area contributed by atoms with Crippen LogP contribution in [0.1, 0.15) is 31.9 Å². The Bertz CT molecular complexity index is 1500. The molecule has 0 aliphatic rings. The molecule has 0 amide bonds. The molecule has 40 heavy (non-hydrogen) atoms. The highest BCUT2D eigenvalue weighted by molar-refractivity contribution is 7.99. The Morgan fingerprint density at radius 3 is 2.40 bits per heavy atom. The lowest BCUT2D eigenvalue weighted by atomic mass is 9.85. The van der Waals surface area contributed by atoms with Crippen LogP contribution in [0, 0.1) is 10.1 Å². The van der Waals surface area contributed by atoms with Crippen LogP contribution >= 0.6 is 23.4 Å². The number of benzene rings is 2. The summed E-state index contributed by atoms with van der Waals surface area (Å²) >= 11 is 6.83. The lowest BCUT2D eigenvalue weighted by Crippen LogP contribution is -2.22. The number of nitrogens with one attached hydrogen (secondary N) is 1. The highest BCUT2D eigenvalue weighted by Gasteiger charge is 2.38. The molecule has 0 saturated carbocycles. The van der Waals surface area contributed by atoms with Gasteiger partial charge in [-0.05, 0) is 34.9 Å². The number of aromatic amines is 1. The van der Waals surface area contributed by atoms with Gasteiger partial charge in [0.2, 0.25) is 5.16 Å². The average Bonchev–Trinajstić information content (AvgIpc) is 3.19. The van der Waals surface area contributed by atoms with Gasteiger partial charge in [-0.1, -0.05) is 32.4 Å². The maximum atomic E-state index is 13.6. The molecule has 216 valence electrons. The fourth-order valence-electron chi connectivity index (χ4n) is 3.51. The van der Waals surface area contributed by atoms with E-state index in [1.54, 1.807) is 6.07 Å². The molecule has 2 aromatic carbocycles. The molecule has 0 bridgehead atoms. The highest BCUT2D eigenvalue weighted by Crippen LogP contribution is 2.45. The van der Waals surface area contributed by atoms with E-state index in [0.717, 1.165) is 4.57 Å². The number of nitro groups is 1. The van der Waals surface area contributed by atoms with E-state index in [1.807, 2.05) is 20.8 Å². The van der Waals surface area contributed by atoms with Crippen LogP contribution in [0.5, 0.6) is 11.5 Å². The van der Waals surface area contributed by atoms with Crippen molar-refractivity contribution < 1.29 is 42.6 Å².